The summed E-state index contributed by atoms with van der Waals surface area (Å²) in [7, 11) is 0. The summed E-state index contributed by atoms with van der Waals surface area (Å²) in [6.45, 7) is 1.75. The molecule has 5 fully saturated rings. The molecular weight excluding hydrogens is 392 g/mol. The highest BCUT2D eigenvalue weighted by atomic mass is 32.2. The van der Waals surface area contributed by atoms with Crippen molar-refractivity contribution in [3.8, 4) is 0 Å². The van der Waals surface area contributed by atoms with E-state index in [4.69, 9.17) is 0 Å². The van der Waals surface area contributed by atoms with Gasteiger partial charge in [-0.15, -0.1) is 10.2 Å². The van der Waals surface area contributed by atoms with Gasteiger partial charge in [0.05, 0.1) is 11.2 Å². The van der Waals surface area contributed by atoms with Crippen molar-refractivity contribution in [1.82, 2.24) is 15.1 Å². The Labute approximate surface area is 174 Å². The van der Waals surface area contributed by atoms with E-state index in [9.17, 15) is 9.59 Å². The van der Waals surface area contributed by atoms with Gasteiger partial charge < -0.3 is 10.2 Å². The molecule has 8 heteroatoms. The minimum Gasteiger partial charge on any atom is -0.342 e. The summed E-state index contributed by atoms with van der Waals surface area (Å²) < 4.78 is 0.756. The van der Waals surface area contributed by atoms with E-state index in [1.54, 1.807) is 0 Å². The third kappa shape index (κ3) is 3.70. The maximum atomic E-state index is 13.1. The van der Waals surface area contributed by atoms with Crippen molar-refractivity contribution in [3.05, 3.63) is 0 Å². The first-order valence-electron chi connectivity index (χ1n) is 10.7. The Kier molecular flexibility index (Phi) is 5.11. The fourth-order valence-corrected chi connectivity index (χ4v) is 7.94. The number of nitrogens with one attached hydrogen (secondary N) is 1. The number of rotatable bonds is 5. The lowest BCUT2D eigenvalue weighted by Gasteiger charge is -2.55. The monoisotopic (exact) mass is 420 g/mol. The van der Waals surface area contributed by atoms with Crippen LogP contribution in [0.1, 0.15) is 57.8 Å². The van der Waals surface area contributed by atoms with Crippen molar-refractivity contribution >= 4 is 40.0 Å². The first-order chi connectivity index (χ1) is 13.6. The van der Waals surface area contributed by atoms with Crippen molar-refractivity contribution in [2.75, 3.05) is 24.2 Å². The van der Waals surface area contributed by atoms with Crippen LogP contribution in [0.4, 0.5) is 5.13 Å². The number of likely N-dealkylation sites (tertiary alicyclic amines) is 1. The average Bonchev–Trinajstić information content (AvgIpc) is 3.13. The van der Waals surface area contributed by atoms with E-state index in [1.807, 2.05) is 4.90 Å². The van der Waals surface area contributed by atoms with Crippen molar-refractivity contribution in [1.29, 1.82) is 0 Å². The molecule has 0 aromatic carbocycles. The standard InChI is InChI=1S/C20H28N4O2S2/c25-16(24-4-2-1-3-5-24)12-27-19-23-22-18(28-19)21-17(26)20-9-13-6-14(10-20)8-15(7-13)11-20/h13-15H,1-12H2,(H,21,22,26). The van der Waals surface area contributed by atoms with Crippen LogP contribution in [0.3, 0.4) is 0 Å². The van der Waals surface area contributed by atoms with Gasteiger partial charge in [0.15, 0.2) is 4.34 Å². The van der Waals surface area contributed by atoms with E-state index < -0.39 is 0 Å². The molecule has 4 saturated carbocycles. The summed E-state index contributed by atoms with van der Waals surface area (Å²) >= 11 is 2.82. The number of carbonyl (C=O) groups is 2. The Morgan fingerprint density at radius 3 is 2.32 bits per heavy atom. The molecule has 5 aliphatic rings. The number of hydrogen-bond donors (Lipinski definition) is 1. The zero-order valence-electron chi connectivity index (χ0n) is 16.2. The second-order valence-electron chi connectivity index (χ2n) is 9.26. The van der Waals surface area contributed by atoms with Gasteiger partial charge in [0.25, 0.3) is 0 Å². The van der Waals surface area contributed by atoms with Gasteiger partial charge in [-0.2, -0.15) is 0 Å². The smallest absolute Gasteiger partial charge is 0.233 e. The molecule has 1 aromatic heterocycles. The summed E-state index contributed by atoms with van der Waals surface area (Å²) in [6, 6.07) is 0. The Balaban J connectivity index is 1.16. The molecule has 0 spiro atoms. The molecule has 0 atom stereocenters. The number of carbonyl (C=O) groups excluding carboxylic acids is 2. The molecule has 0 unspecified atom stereocenters. The van der Waals surface area contributed by atoms with Gasteiger partial charge in [0, 0.05) is 13.1 Å². The lowest BCUT2D eigenvalue weighted by atomic mass is 9.49. The van der Waals surface area contributed by atoms with Gasteiger partial charge in [-0.25, -0.2) is 0 Å². The number of aromatic nitrogens is 2. The van der Waals surface area contributed by atoms with E-state index in [1.165, 1.54) is 48.8 Å². The number of amides is 2. The average molecular weight is 421 g/mol. The zero-order valence-corrected chi connectivity index (χ0v) is 17.8. The molecule has 6 rings (SSSR count). The lowest BCUT2D eigenvalue weighted by molar-refractivity contribution is -0.140. The fraction of sp³-hybridized carbons (Fsp3) is 0.800. The molecule has 1 N–H and O–H groups in total. The zero-order chi connectivity index (χ0) is 19.1. The molecule has 6 nitrogen and oxygen atoms in total. The highest BCUT2D eigenvalue weighted by Crippen LogP contribution is 2.60. The predicted octanol–water partition coefficient (Wildman–Crippen LogP) is 3.80. The highest BCUT2D eigenvalue weighted by molar-refractivity contribution is 8.01. The maximum absolute atomic E-state index is 13.1. The molecule has 1 aromatic rings. The van der Waals surface area contributed by atoms with E-state index in [-0.39, 0.29) is 17.2 Å². The largest absolute Gasteiger partial charge is 0.342 e. The minimum absolute atomic E-state index is 0.156. The van der Waals surface area contributed by atoms with Crippen LogP contribution in [0.15, 0.2) is 4.34 Å². The number of thioether (sulfide) groups is 1. The third-order valence-electron chi connectivity index (χ3n) is 7.17. The fourth-order valence-electron chi connectivity index (χ4n) is 6.30. The van der Waals surface area contributed by atoms with Gasteiger partial charge in [0.1, 0.15) is 0 Å². The number of hydrogen-bond acceptors (Lipinski definition) is 6. The SMILES string of the molecule is O=C(CSc1nnc(NC(=O)C23CC4CC(CC(C4)C2)C3)s1)N1CCCCC1. The molecule has 152 valence electrons. The van der Waals surface area contributed by atoms with E-state index >= 15 is 0 Å². The molecule has 4 aliphatic carbocycles. The van der Waals surface area contributed by atoms with Crippen LogP contribution in [0, 0.1) is 23.2 Å². The van der Waals surface area contributed by atoms with Crippen LogP contribution < -0.4 is 5.32 Å². The van der Waals surface area contributed by atoms with Crippen LogP contribution in [0.2, 0.25) is 0 Å². The number of nitrogens with zero attached hydrogens (tertiary/aromatic N) is 3. The van der Waals surface area contributed by atoms with Crippen LogP contribution in [-0.4, -0.2) is 45.8 Å². The Hall–Kier alpha value is -1.15. The van der Waals surface area contributed by atoms with Crippen molar-refractivity contribution in [3.63, 3.8) is 0 Å². The summed E-state index contributed by atoms with van der Waals surface area (Å²) in [5.74, 6) is 2.98. The van der Waals surface area contributed by atoms with Crippen molar-refractivity contribution in [2.45, 2.75) is 62.1 Å². The van der Waals surface area contributed by atoms with Gasteiger partial charge in [-0.3, -0.25) is 9.59 Å². The molecule has 2 heterocycles. The Morgan fingerprint density at radius 2 is 1.68 bits per heavy atom. The first-order valence-corrected chi connectivity index (χ1v) is 12.5. The quantitative estimate of drug-likeness (QED) is 0.579. The molecule has 4 bridgehead atoms. The molecule has 1 aliphatic heterocycles. The second kappa shape index (κ2) is 7.59. The number of anilines is 1. The van der Waals surface area contributed by atoms with E-state index in [0.29, 0.717) is 10.9 Å². The summed E-state index contributed by atoms with van der Waals surface area (Å²) in [4.78, 5) is 27.4. The molecule has 0 radical (unpaired) electrons. The van der Waals surface area contributed by atoms with Gasteiger partial charge in [0.2, 0.25) is 16.9 Å². The topological polar surface area (TPSA) is 75.2 Å². The third-order valence-corrected chi connectivity index (χ3v) is 9.13. The van der Waals surface area contributed by atoms with Gasteiger partial charge >= 0.3 is 0 Å². The second-order valence-corrected chi connectivity index (χ2v) is 11.5. The first kappa shape index (κ1) is 18.9. The molecule has 2 amide bonds. The van der Waals surface area contributed by atoms with Crippen molar-refractivity contribution in [2.24, 2.45) is 23.2 Å². The van der Waals surface area contributed by atoms with Crippen LogP contribution >= 0.6 is 23.1 Å². The summed E-state index contributed by atoms with van der Waals surface area (Å²) in [5, 5.41) is 12.0. The highest BCUT2D eigenvalue weighted by Gasteiger charge is 2.54. The van der Waals surface area contributed by atoms with Crippen LogP contribution in [-0.2, 0) is 9.59 Å². The summed E-state index contributed by atoms with van der Waals surface area (Å²) in [6.07, 6.45) is 10.6. The maximum Gasteiger partial charge on any atom is 0.233 e. The number of piperidine rings is 1. The Morgan fingerprint density at radius 1 is 1.04 bits per heavy atom. The summed E-state index contributed by atoms with van der Waals surface area (Å²) in [5.41, 5.74) is -0.169. The molecule has 28 heavy (non-hydrogen) atoms. The van der Waals surface area contributed by atoms with Gasteiger partial charge in [-0.1, -0.05) is 23.1 Å². The van der Waals surface area contributed by atoms with E-state index in [2.05, 4.69) is 15.5 Å². The van der Waals surface area contributed by atoms with E-state index in [0.717, 1.165) is 67.3 Å². The Bertz CT molecular complexity index is 724. The minimum atomic E-state index is -0.169. The lowest BCUT2D eigenvalue weighted by Crippen LogP contribution is -2.51. The van der Waals surface area contributed by atoms with Crippen LogP contribution in [0.25, 0.3) is 0 Å². The van der Waals surface area contributed by atoms with Gasteiger partial charge in [-0.05, 0) is 75.5 Å². The van der Waals surface area contributed by atoms with Crippen molar-refractivity contribution < 1.29 is 9.59 Å². The van der Waals surface area contributed by atoms with Crippen LogP contribution in [0.5, 0.6) is 0 Å². The molecule has 1 saturated heterocycles. The normalized spacial score (nSPS) is 33.9. The predicted molar refractivity (Wildman–Crippen MR) is 110 cm³/mol. The molecular formula is C20H28N4O2S2.